The van der Waals surface area contributed by atoms with Gasteiger partial charge in [0.05, 0.1) is 13.2 Å². The quantitative estimate of drug-likeness (QED) is 0.277. The lowest BCUT2D eigenvalue weighted by Crippen LogP contribution is -2.23. The molecule has 0 aliphatic carbocycles. The molecule has 0 aliphatic heterocycles. The van der Waals surface area contributed by atoms with Crippen molar-refractivity contribution in [1.29, 1.82) is 0 Å². The van der Waals surface area contributed by atoms with E-state index in [1.54, 1.807) is 12.1 Å². The maximum absolute atomic E-state index is 13.5. The van der Waals surface area contributed by atoms with Crippen LogP contribution in [-0.2, 0) is 24.0 Å². The van der Waals surface area contributed by atoms with E-state index < -0.39 is 41.5 Å². The SMILES string of the molecule is CN(c1nccnc1CNc1nc(Nc2ccc(C(O)CO)cc2)ncc1C(F)(F)F)S(=O)O. The number of aromatic nitrogens is 4. The van der Waals surface area contributed by atoms with Gasteiger partial charge < -0.3 is 20.8 Å². The Bertz CT molecular complexity index is 1150. The van der Waals surface area contributed by atoms with E-state index >= 15 is 0 Å². The maximum atomic E-state index is 13.5. The summed E-state index contributed by atoms with van der Waals surface area (Å²) in [5.74, 6) is -0.678. The Hall–Kier alpha value is -3.40. The molecule has 2 atom stereocenters. The third-order valence-electron chi connectivity index (χ3n) is 4.53. The van der Waals surface area contributed by atoms with Crippen LogP contribution in [0.1, 0.15) is 22.9 Å². The Morgan fingerprint density at radius 1 is 1.15 bits per heavy atom. The number of aliphatic hydroxyl groups excluding tert-OH is 2. The van der Waals surface area contributed by atoms with E-state index in [1.807, 2.05) is 0 Å². The smallest absolute Gasteiger partial charge is 0.393 e. The molecule has 5 N–H and O–H groups in total. The fourth-order valence-electron chi connectivity index (χ4n) is 2.80. The molecule has 0 amide bonds. The van der Waals surface area contributed by atoms with E-state index in [1.165, 1.54) is 31.6 Å². The highest BCUT2D eigenvalue weighted by molar-refractivity contribution is 7.80. The van der Waals surface area contributed by atoms with Gasteiger partial charge in [-0.05, 0) is 17.7 Å². The number of alkyl halides is 3. The Morgan fingerprint density at radius 3 is 2.44 bits per heavy atom. The standard InChI is InChI=1S/C19H20F3N7O4S/c1-29(34(32)33)17-14(23-6-7-24-17)9-25-16-13(19(20,21)22)8-26-18(28-16)27-12-4-2-11(3-5-12)15(31)10-30/h2-8,15,30-31H,9-10H2,1H3,(H,32,33)(H2,25,26,27,28). The molecule has 0 spiro atoms. The second-order valence-electron chi connectivity index (χ2n) is 6.81. The number of benzene rings is 1. The van der Waals surface area contributed by atoms with Crippen LogP contribution in [0.3, 0.4) is 0 Å². The molecule has 34 heavy (non-hydrogen) atoms. The van der Waals surface area contributed by atoms with Gasteiger partial charge in [-0.2, -0.15) is 18.2 Å². The van der Waals surface area contributed by atoms with Gasteiger partial charge in [0, 0.05) is 31.3 Å². The zero-order chi connectivity index (χ0) is 24.9. The maximum Gasteiger partial charge on any atom is 0.421 e. The summed E-state index contributed by atoms with van der Waals surface area (Å²) in [6, 6.07) is 6.14. The molecule has 0 fully saturated rings. The topological polar surface area (TPSA) is 157 Å². The third kappa shape index (κ3) is 6.13. The summed E-state index contributed by atoms with van der Waals surface area (Å²) >= 11 is -2.41. The molecule has 0 radical (unpaired) electrons. The van der Waals surface area contributed by atoms with Gasteiger partial charge in [0.2, 0.25) is 5.95 Å². The van der Waals surface area contributed by atoms with E-state index in [0.717, 1.165) is 4.31 Å². The fraction of sp³-hybridized carbons (Fsp3) is 0.263. The molecule has 0 saturated carbocycles. The Morgan fingerprint density at radius 2 is 1.82 bits per heavy atom. The molecule has 0 aliphatic rings. The van der Waals surface area contributed by atoms with E-state index in [4.69, 9.17) is 5.11 Å². The normalized spacial score (nSPS) is 13.3. The lowest BCUT2D eigenvalue weighted by atomic mass is 10.1. The summed E-state index contributed by atoms with van der Waals surface area (Å²) in [6.07, 6.45) is -2.61. The van der Waals surface area contributed by atoms with Gasteiger partial charge in [-0.25, -0.2) is 14.2 Å². The summed E-state index contributed by atoms with van der Waals surface area (Å²) in [5, 5.41) is 23.9. The highest BCUT2D eigenvalue weighted by atomic mass is 32.2. The van der Waals surface area contributed by atoms with Crippen molar-refractivity contribution >= 4 is 34.5 Å². The van der Waals surface area contributed by atoms with Crippen LogP contribution in [0.15, 0.2) is 42.9 Å². The second-order valence-corrected chi connectivity index (χ2v) is 7.82. The lowest BCUT2D eigenvalue weighted by Gasteiger charge is -2.18. The summed E-state index contributed by atoms with van der Waals surface area (Å²) in [5.41, 5.74) is -0.115. The summed E-state index contributed by atoms with van der Waals surface area (Å²) in [6.45, 7) is -0.737. The minimum Gasteiger partial charge on any atom is -0.393 e. The Kier molecular flexibility index (Phi) is 7.93. The first kappa shape index (κ1) is 25.2. The molecule has 11 nitrogen and oxygen atoms in total. The number of aliphatic hydroxyl groups is 2. The Labute approximate surface area is 194 Å². The molecule has 15 heteroatoms. The lowest BCUT2D eigenvalue weighted by molar-refractivity contribution is -0.137. The minimum atomic E-state index is -4.75. The average Bonchev–Trinajstić information content (AvgIpc) is 2.81. The highest BCUT2D eigenvalue weighted by Crippen LogP contribution is 2.34. The second kappa shape index (κ2) is 10.7. The molecule has 2 unspecified atom stereocenters. The Balaban J connectivity index is 1.85. The molecule has 3 aromatic rings. The van der Waals surface area contributed by atoms with Gasteiger partial charge in [-0.1, -0.05) is 12.1 Å². The molecule has 2 heterocycles. The van der Waals surface area contributed by atoms with E-state index in [0.29, 0.717) is 17.4 Å². The largest absolute Gasteiger partial charge is 0.421 e. The van der Waals surface area contributed by atoms with E-state index in [2.05, 4.69) is 30.6 Å². The van der Waals surface area contributed by atoms with Crippen molar-refractivity contribution in [1.82, 2.24) is 19.9 Å². The predicted molar refractivity (Wildman–Crippen MR) is 117 cm³/mol. The molecule has 0 bridgehead atoms. The first-order chi connectivity index (χ1) is 16.1. The van der Waals surface area contributed by atoms with E-state index in [9.17, 15) is 27.0 Å². The van der Waals surface area contributed by atoms with E-state index in [-0.39, 0.29) is 24.0 Å². The van der Waals surface area contributed by atoms with Crippen LogP contribution < -0.4 is 14.9 Å². The zero-order valence-electron chi connectivity index (χ0n) is 17.6. The molecule has 1 aromatic carbocycles. The number of nitrogens with zero attached hydrogens (tertiary/aromatic N) is 5. The van der Waals surface area contributed by atoms with Crippen LogP contribution in [0.5, 0.6) is 0 Å². The average molecular weight is 499 g/mol. The number of nitrogens with one attached hydrogen (secondary N) is 2. The molecular formula is C19H20F3N7O4S. The molecule has 3 rings (SSSR count). The van der Waals surface area contributed by atoms with Gasteiger partial charge in [0.1, 0.15) is 23.2 Å². The van der Waals surface area contributed by atoms with Crippen LogP contribution in [0.4, 0.5) is 36.4 Å². The molecular weight excluding hydrogens is 479 g/mol. The number of hydrogen-bond donors (Lipinski definition) is 5. The molecule has 2 aromatic heterocycles. The van der Waals surface area contributed by atoms with Gasteiger partial charge >= 0.3 is 6.18 Å². The van der Waals surface area contributed by atoms with Crippen molar-refractivity contribution in [2.24, 2.45) is 0 Å². The monoisotopic (exact) mass is 499 g/mol. The van der Waals surface area contributed by atoms with Crippen LogP contribution in [0.25, 0.3) is 0 Å². The van der Waals surface area contributed by atoms with Crippen molar-refractivity contribution in [3.05, 3.63) is 59.7 Å². The van der Waals surface area contributed by atoms with Crippen molar-refractivity contribution in [3.63, 3.8) is 0 Å². The minimum absolute atomic E-state index is 0.00181. The molecule has 182 valence electrons. The van der Waals surface area contributed by atoms with Gasteiger partial charge in [-0.3, -0.25) is 13.8 Å². The van der Waals surface area contributed by atoms with Gasteiger partial charge in [0.25, 0.3) is 11.3 Å². The van der Waals surface area contributed by atoms with Crippen molar-refractivity contribution < 1.29 is 32.1 Å². The highest BCUT2D eigenvalue weighted by Gasteiger charge is 2.35. The first-order valence-corrected chi connectivity index (χ1v) is 10.6. The van der Waals surface area contributed by atoms with Crippen molar-refractivity contribution in [2.75, 3.05) is 28.6 Å². The first-order valence-electron chi connectivity index (χ1n) is 9.58. The summed E-state index contributed by atoms with van der Waals surface area (Å²) in [7, 11) is 1.28. The summed E-state index contributed by atoms with van der Waals surface area (Å²) < 4.78 is 62.0. The number of rotatable bonds is 9. The van der Waals surface area contributed by atoms with Crippen molar-refractivity contribution in [3.8, 4) is 0 Å². The zero-order valence-corrected chi connectivity index (χ0v) is 18.4. The number of hydrogen-bond acceptors (Lipinski definition) is 9. The van der Waals surface area contributed by atoms with Gasteiger partial charge in [-0.15, -0.1) is 0 Å². The van der Waals surface area contributed by atoms with Crippen LogP contribution in [-0.4, -0.2) is 52.6 Å². The third-order valence-corrected chi connectivity index (χ3v) is 5.17. The fourth-order valence-corrected chi connectivity index (χ4v) is 3.10. The molecule has 0 saturated heterocycles. The predicted octanol–water partition coefficient (Wildman–Crippen LogP) is 2.24. The van der Waals surface area contributed by atoms with Crippen LogP contribution in [0, 0.1) is 0 Å². The van der Waals surface area contributed by atoms with Crippen LogP contribution >= 0.6 is 0 Å². The number of anilines is 4. The number of halogens is 3. The summed E-state index contributed by atoms with van der Waals surface area (Å²) in [4.78, 5) is 15.6. The van der Waals surface area contributed by atoms with Crippen LogP contribution in [0.2, 0.25) is 0 Å². The van der Waals surface area contributed by atoms with Gasteiger partial charge in [0.15, 0.2) is 5.82 Å². The van der Waals surface area contributed by atoms with Crippen molar-refractivity contribution in [2.45, 2.75) is 18.8 Å².